The lowest BCUT2D eigenvalue weighted by atomic mass is 10.1. The van der Waals surface area contributed by atoms with Crippen LogP contribution in [0.1, 0.15) is 52.8 Å². The number of amides is 1. The Bertz CT molecular complexity index is 1020. The van der Waals surface area contributed by atoms with Crippen molar-refractivity contribution in [1.82, 2.24) is 20.0 Å². The lowest BCUT2D eigenvalue weighted by molar-refractivity contribution is -0.386. The predicted octanol–water partition coefficient (Wildman–Crippen LogP) is 3.56. The van der Waals surface area contributed by atoms with Crippen molar-refractivity contribution >= 4 is 17.4 Å². The van der Waals surface area contributed by atoms with E-state index in [1.54, 1.807) is 42.8 Å². The third-order valence-electron chi connectivity index (χ3n) is 4.54. The summed E-state index contributed by atoms with van der Waals surface area (Å²) in [6.45, 7) is 7.76. The number of benzene rings is 1. The van der Waals surface area contributed by atoms with Gasteiger partial charge in [0, 0.05) is 17.3 Å². The average Bonchev–Trinajstić information content (AvgIpc) is 3.20. The van der Waals surface area contributed by atoms with Crippen molar-refractivity contribution in [2.45, 2.75) is 40.2 Å². The molecule has 0 radical (unpaired) electrons. The fourth-order valence-electron chi connectivity index (χ4n) is 2.93. The van der Waals surface area contributed by atoms with Crippen molar-refractivity contribution in [3.05, 3.63) is 68.7 Å². The summed E-state index contributed by atoms with van der Waals surface area (Å²) in [5, 5.41) is 25.1. The SMILES string of the molecule is Cc1nn(Cc2ccc(C(=O)Nc3cc(C(C)C)[nH]n3)cc2)c(C)c1[N+](=O)[O-]. The number of nitrogens with zero attached hydrogens (tertiary/aromatic N) is 4. The van der Waals surface area contributed by atoms with Gasteiger partial charge in [0.15, 0.2) is 5.82 Å². The van der Waals surface area contributed by atoms with Gasteiger partial charge in [-0.2, -0.15) is 10.2 Å². The van der Waals surface area contributed by atoms with E-state index >= 15 is 0 Å². The number of hydrogen-bond donors (Lipinski definition) is 2. The average molecular weight is 382 g/mol. The number of rotatable bonds is 6. The summed E-state index contributed by atoms with van der Waals surface area (Å²) in [7, 11) is 0. The molecule has 0 fully saturated rings. The number of hydrogen-bond acceptors (Lipinski definition) is 5. The van der Waals surface area contributed by atoms with Crippen LogP contribution in [0.4, 0.5) is 11.5 Å². The maximum absolute atomic E-state index is 12.4. The number of nitro groups is 1. The third-order valence-corrected chi connectivity index (χ3v) is 4.54. The molecule has 2 N–H and O–H groups in total. The van der Waals surface area contributed by atoms with Crippen molar-refractivity contribution in [3.8, 4) is 0 Å². The van der Waals surface area contributed by atoms with Crippen LogP contribution in [0.15, 0.2) is 30.3 Å². The van der Waals surface area contributed by atoms with Gasteiger partial charge in [-0.25, -0.2) is 0 Å². The van der Waals surface area contributed by atoms with Gasteiger partial charge in [-0.1, -0.05) is 26.0 Å². The molecule has 28 heavy (non-hydrogen) atoms. The van der Waals surface area contributed by atoms with Crippen molar-refractivity contribution < 1.29 is 9.72 Å². The van der Waals surface area contributed by atoms with E-state index in [-0.39, 0.29) is 11.6 Å². The molecule has 0 atom stereocenters. The number of aromatic amines is 1. The van der Waals surface area contributed by atoms with Gasteiger partial charge in [-0.15, -0.1) is 0 Å². The molecule has 0 aliphatic heterocycles. The highest BCUT2D eigenvalue weighted by Crippen LogP contribution is 2.22. The standard InChI is InChI=1S/C19H22N6O3/c1-11(2)16-9-17(22-21-16)20-19(26)15-7-5-14(6-8-15)10-24-13(4)18(25(27)28)12(3)23-24/h5-9,11H,10H2,1-4H3,(H2,20,21,22,26). The number of carbonyl (C=O) groups is 1. The second kappa shape index (κ2) is 7.63. The molecule has 1 aromatic carbocycles. The number of anilines is 1. The van der Waals surface area contributed by atoms with E-state index in [2.05, 4.69) is 20.6 Å². The zero-order valence-corrected chi connectivity index (χ0v) is 16.2. The second-order valence-electron chi connectivity index (χ2n) is 6.95. The Balaban J connectivity index is 1.70. The summed E-state index contributed by atoms with van der Waals surface area (Å²) in [5.41, 5.74) is 3.26. The van der Waals surface area contributed by atoms with Crippen molar-refractivity contribution in [2.75, 3.05) is 5.32 Å². The van der Waals surface area contributed by atoms with Gasteiger partial charge in [0.1, 0.15) is 11.4 Å². The Labute approximate surface area is 161 Å². The van der Waals surface area contributed by atoms with Crippen LogP contribution in [0.3, 0.4) is 0 Å². The van der Waals surface area contributed by atoms with Crippen LogP contribution in [0.25, 0.3) is 0 Å². The number of aryl methyl sites for hydroxylation is 1. The second-order valence-corrected chi connectivity index (χ2v) is 6.95. The predicted molar refractivity (Wildman–Crippen MR) is 105 cm³/mol. The molecule has 146 valence electrons. The molecule has 0 saturated carbocycles. The molecule has 0 aliphatic carbocycles. The normalized spacial score (nSPS) is 11.0. The largest absolute Gasteiger partial charge is 0.312 e. The third kappa shape index (κ3) is 3.93. The lowest BCUT2D eigenvalue weighted by Crippen LogP contribution is -2.12. The van der Waals surface area contributed by atoms with E-state index in [0.29, 0.717) is 35.2 Å². The molecular weight excluding hydrogens is 360 g/mol. The summed E-state index contributed by atoms with van der Waals surface area (Å²) in [5.74, 6) is 0.519. The number of carbonyl (C=O) groups excluding carboxylic acids is 1. The molecule has 1 amide bonds. The van der Waals surface area contributed by atoms with Gasteiger partial charge in [-0.3, -0.25) is 24.7 Å². The van der Waals surface area contributed by atoms with E-state index < -0.39 is 4.92 Å². The molecule has 0 unspecified atom stereocenters. The van der Waals surface area contributed by atoms with Crippen LogP contribution in [-0.2, 0) is 6.54 Å². The van der Waals surface area contributed by atoms with E-state index in [1.807, 2.05) is 19.9 Å². The molecule has 0 aliphatic rings. The molecular formula is C19H22N6O3. The lowest BCUT2D eigenvalue weighted by Gasteiger charge is -2.06. The Morgan fingerprint density at radius 3 is 2.50 bits per heavy atom. The quantitative estimate of drug-likeness (QED) is 0.499. The van der Waals surface area contributed by atoms with Crippen LogP contribution < -0.4 is 5.32 Å². The number of aromatic nitrogens is 4. The maximum Gasteiger partial charge on any atom is 0.312 e. The van der Waals surface area contributed by atoms with Crippen molar-refractivity contribution in [1.29, 1.82) is 0 Å². The zero-order valence-electron chi connectivity index (χ0n) is 16.2. The first-order chi connectivity index (χ1) is 13.3. The van der Waals surface area contributed by atoms with Crippen LogP contribution in [-0.4, -0.2) is 30.8 Å². The molecule has 3 rings (SSSR count). The minimum atomic E-state index is -0.415. The van der Waals surface area contributed by atoms with Crippen molar-refractivity contribution in [3.63, 3.8) is 0 Å². The summed E-state index contributed by atoms with van der Waals surface area (Å²) in [6, 6.07) is 8.84. The summed E-state index contributed by atoms with van der Waals surface area (Å²) >= 11 is 0. The highest BCUT2D eigenvalue weighted by Gasteiger charge is 2.21. The smallest absolute Gasteiger partial charge is 0.305 e. The van der Waals surface area contributed by atoms with Gasteiger partial charge >= 0.3 is 5.69 Å². The van der Waals surface area contributed by atoms with E-state index in [1.165, 1.54) is 0 Å². The molecule has 3 aromatic rings. The number of H-pyrrole nitrogens is 1. The highest BCUT2D eigenvalue weighted by atomic mass is 16.6. The monoisotopic (exact) mass is 382 g/mol. The Morgan fingerprint density at radius 1 is 1.29 bits per heavy atom. The fraction of sp³-hybridized carbons (Fsp3) is 0.316. The van der Waals surface area contributed by atoms with Gasteiger partial charge in [0.2, 0.25) is 0 Å². The first kappa shape index (κ1) is 19.3. The molecule has 0 spiro atoms. The Hall–Kier alpha value is -3.49. The Kier molecular flexibility index (Phi) is 5.25. The van der Waals surface area contributed by atoms with E-state index in [9.17, 15) is 14.9 Å². The topological polar surface area (TPSA) is 119 Å². The van der Waals surface area contributed by atoms with Gasteiger partial charge in [0.25, 0.3) is 5.91 Å². The zero-order chi connectivity index (χ0) is 20.4. The van der Waals surface area contributed by atoms with E-state index in [0.717, 1.165) is 11.3 Å². The van der Waals surface area contributed by atoms with E-state index in [4.69, 9.17) is 0 Å². The minimum Gasteiger partial charge on any atom is -0.305 e. The fourth-order valence-corrected chi connectivity index (χ4v) is 2.93. The first-order valence-corrected chi connectivity index (χ1v) is 8.90. The first-order valence-electron chi connectivity index (χ1n) is 8.90. The van der Waals surface area contributed by atoms with Crippen LogP contribution in [0, 0.1) is 24.0 Å². The number of nitrogens with one attached hydrogen (secondary N) is 2. The molecule has 0 saturated heterocycles. The van der Waals surface area contributed by atoms with Crippen LogP contribution in [0.5, 0.6) is 0 Å². The molecule has 2 heterocycles. The van der Waals surface area contributed by atoms with Crippen LogP contribution in [0.2, 0.25) is 0 Å². The summed E-state index contributed by atoms with van der Waals surface area (Å²) in [6.07, 6.45) is 0. The summed E-state index contributed by atoms with van der Waals surface area (Å²) < 4.78 is 1.60. The summed E-state index contributed by atoms with van der Waals surface area (Å²) in [4.78, 5) is 23.1. The van der Waals surface area contributed by atoms with Crippen molar-refractivity contribution in [2.24, 2.45) is 0 Å². The molecule has 9 heteroatoms. The Morgan fingerprint density at radius 2 is 1.96 bits per heavy atom. The van der Waals surface area contributed by atoms with Gasteiger partial charge in [-0.05, 0) is 37.5 Å². The van der Waals surface area contributed by atoms with Gasteiger partial charge < -0.3 is 5.32 Å². The maximum atomic E-state index is 12.4. The molecule has 2 aromatic heterocycles. The van der Waals surface area contributed by atoms with Gasteiger partial charge in [0.05, 0.1) is 11.5 Å². The van der Waals surface area contributed by atoms with Crippen LogP contribution >= 0.6 is 0 Å². The highest BCUT2D eigenvalue weighted by molar-refractivity contribution is 6.03. The molecule has 9 nitrogen and oxygen atoms in total. The minimum absolute atomic E-state index is 0.0377. The molecule has 0 bridgehead atoms.